The molecule has 5 nitrogen and oxygen atoms in total. The van der Waals surface area contributed by atoms with Gasteiger partial charge in [-0.2, -0.15) is 0 Å². The predicted octanol–water partition coefficient (Wildman–Crippen LogP) is 2.36. The van der Waals surface area contributed by atoms with Crippen molar-refractivity contribution in [3.63, 3.8) is 0 Å². The minimum atomic E-state index is 0.0822. The van der Waals surface area contributed by atoms with Crippen molar-refractivity contribution in [2.45, 2.75) is 30.3 Å². The zero-order valence-electron chi connectivity index (χ0n) is 12.3. The number of likely N-dealkylation sites (tertiary alicyclic amines) is 1. The van der Waals surface area contributed by atoms with E-state index in [2.05, 4.69) is 33.1 Å². The molecule has 2 saturated heterocycles. The Labute approximate surface area is 134 Å². The number of rotatable bonds is 2. The fourth-order valence-corrected chi connectivity index (χ4v) is 3.84. The van der Waals surface area contributed by atoms with Crippen molar-refractivity contribution in [2.75, 3.05) is 25.5 Å². The third kappa shape index (κ3) is 2.53. The Morgan fingerprint density at radius 1 is 1.32 bits per heavy atom. The average molecular weight is 319 g/mol. The van der Waals surface area contributed by atoms with Crippen molar-refractivity contribution in [1.29, 1.82) is 0 Å². The molecule has 1 aromatic carbocycles. The van der Waals surface area contributed by atoms with Crippen LogP contribution < -0.4 is 5.73 Å². The van der Waals surface area contributed by atoms with Crippen LogP contribution in [0.5, 0.6) is 0 Å². The van der Waals surface area contributed by atoms with Crippen LogP contribution in [0.2, 0.25) is 0 Å². The molecule has 4 rings (SSSR count). The summed E-state index contributed by atoms with van der Waals surface area (Å²) in [5, 5.41) is 1.02. The highest BCUT2D eigenvalue weighted by Gasteiger charge is 2.35. The lowest BCUT2D eigenvalue weighted by atomic mass is 9.88. The lowest BCUT2D eigenvalue weighted by Crippen LogP contribution is -2.54. The first-order valence-corrected chi connectivity index (χ1v) is 8.14. The number of hydrogen-bond acceptors (Lipinski definition) is 5. The monoisotopic (exact) mass is 318 g/mol. The molecular weight excluding hydrogens is 300 g/mol. The summed E-state index contributed by atoms with van der Waals surface area (Å²) in [6.45, 7) is 2.66. The normalized spacial score (nSPS) is 27.0. The summed E-state index contributed by atoms with van der Waals surface area (Å²) in [4.78, 5) is 10.7. The predicted molar refractivity (Wildman–Crippen MR) is 86.9 cm³/mol. The lowest BCUT2D eigenvalue weighted by molar-refractivity contribution is -0.0773. The van der Waals surface area contributed by atoms with Crippen LogP contribution in [-0.4, -0.2) is 46.2 Å². The van der Waals surface area contributed by atoms with E-state index in [0.717, 1.165) is 43.5 Å². The number of nitrogens with zero attached hydrogens (tertiary/aromatic N) is 3. The maximum Gasteiger partial charge on any atom is 0.220 e. The molecular formula is C16H19ClN4O. The summed E-state index contributed by atoms with van der Waals surface area (Å²) in [5.41, 5.74) is 7.97. The molecule has 22 heavy (non-hydrogen) atoms. The molecule has 2 aliphatic heterocycles. The highest BCUT2D eigenvalue weighted by atomic mass is 35.5. The smallest absolute Gasteiger partial charge is 0.220 e. The van der Waals surface area contributed by atoms with Gasteiger partial charge in [-0.1, -0.05) is 12.1 Å². The Bertz CT molecular complexity index is 691. The largest absolute Gasteiger partial charge is 0.378 e. The van der Waals surface area contributed by atoms with Crippen molar-refractivity contribution < 1.29 is 4.74 Å². The highest BCUT2D eigenvalue weighted by molar-refractivity contribution is 6.20. The number of benzene rings is 1. The van der Waals surface area contributed by atoms with Gasteiger partial charge in [0.05, 0.1) is 30.3 Å². The van der Waals surface area contributed by atoms with Crippen molar-refractivity contribution in [3.05, 3.63) is 30.0 Å². The van der Waals surface area contributed by atoms with Crippen molar-refractivity contribution in [2.24, 2.45) is 0 Å². The number of alkyl halides is 1. The maximum atomic E-state index is 6.60. The molecule has 0 amide bonds. The lowest BCUT2D eigenvalue weighted by Gasteiger charge is -2.44. The molecule has 0 spiro atoms. The van der Waals surface area contributed by atoms with E-state index in [1.54, 1.807) is 6.20 Å². The Hall–Kier alpha value is -1.43. The molecule has 3 heterocycles. The molecule has 2 N–H and O–H groups in total. The number of aromatic nitrogens is 2. The minimum Gasteiger partial charge on any atom is -0.378 e. The highest BCUT2D eigenvalue weighted by Crippen LogP contribution is 2.36. The van der Waals surface area contributed by atoms with Gasteiger partial charge in [-0.3, -0.25) is 4.90 Å². The van der Waals surface area contributed by atoms with Crippen molar-refractivity contribution >= 4 is 28.5 Å². The average Bonchev–Trinajstić information content (AvgIpc) is 2.46. The van der Waals surface area contributed by atoms with Crippen LogP contribution in [0.25, 0.3) is 10.9 Å². The van der Waals surface area contributed by atoms with Gasteiger partial charge in [0, 0.05) is 18.1 Å². The molecule has 6 heteroatoms. The van der Waals surface area contributed by atoms with Crippen LogP contribution >= 0.6 is 11.6 Å². The molecule has 0 bridgehead atoms. The zero-order chi connectivity index (χ0) is 15.1. The number of nitrogens with two attached hydrogens (primary N) is 1. The molecule has 2 atom stereocenters. The third-order valence-corrected chi connectivity index (χ3v) is 5.19. The topological polar surface area (TPSA) is 64.3 Å². The number of nitrogen functional groups attached to an aromatic ring is 1. The van der Waals surface area contributed by atoms with E-state index in [1.807, 2.05) is 0 Å². The molecule has 2 aromatic rings. The second kappa shape index (κ2) is 5.65. The van der Waals surface area contributed by atoms with E-state index in [9.17, 15) is 0 Å². The van der Waals surface area contributed by atoms with Crippen LogP contribution in [0.1, 0.15) is 24.3 Å². The summed E-state index contributed by atoms with van der Waals surface area (Å²) in [5.74, 6) is 0.792. The van der Waals surface area contributed by atoms with Crippen LogP contribution in [0.15, 0.2) is 24.4 Å². The first-order valence-electron chi connectivity index (χ1n) is 7.70. The minimum absolute atomic E-state index is 0.0822. The summed E-state index contributed by atoms with van der Waals surface area (Å²) in [6.07, 6.45) is 3.85. The first kappa shape index (κ1) is 14.2. The van der Waals surface area contributed by atoms with Crippen LogP contribution in [-0.2, 0) is 4.74 Å². The molecule has 0 aliphatic carbocycles. The zero-order valence-corrected chi connectivity index (χ0v) is 13.0. The SMILES string of the molecule is Nc1ncc2ccc(C3CCN(C4COC4)C(Cl)C3)cc2n1. The molecule has 2 fully saturated rings. The van der Waals surface area contributed by atoms with Gasteiger partial charge < -0.3 is 10.5 Å². The second-order valence-electron chi connectivity index (χ2n) is 6.13. The Morgan fingerprint density at radius 2 is 2.18 bits per heavy atom. The first-order chi connectivity index (χ1) is 10.7. The van der Waals surface area contributed by atoms with E-state index in [4.69, 9.17) is 22.1 Å². The van der Waals surface area contributed by atoms with Gasteiger partial charge in [-0.05, 0) is 30.4 Å². The second-order valence-corrected chi connectivity index (χ2v) is 6.64. The summed E-state index contributed by atoms with van der Waals surface area (Å²) >= 11 is 6.60. The standard InChI is InChI=1S/C16H19ClN4O/c17-15-6-11(3-4-21(15)13-8-22-9-13)10-1-2-12-7-19-16(18)20-14(12)5-10/h1-2,5,7,11,13,15H,3-4,6,8-9H2,(H2,18,19,20). The van der Waals surface area contributed by atoms with E-state index >= 15 is 0 Å². The Morgan fingerprint density at radius 3 is 2.91 bits per heavy atom. The number of piperidine rings is 1. The van der Waals surface area contributed by atoms with Crippen molar-refractivity contribution in [1.82, 2.24) is 14.9 Å². The summed E-state index contributed by atoms with van der Waals surface area (Å²) in [7, 11) is 0. The Balaban J connectivity index is 1.54. The van der Waals surface area contributed by atoms with Gasteiger partial charge in [0.15, 0.2) is 0 Å². The van der Waals surface area contributed by atoms with Crippen LogP contribution in [0.3, 0.4) is 0 Å². The fraction of sp³-hybridized carbons (Fsp3) is 0.500. The number of fused-ring (bicyclic) bond motifs is 1. The van der Waals surface area contributed by atoms with E-state index in [-0.39, 0.29) is 5.50 Å². The van der Waals surface area contributed by atoms with Gasteiger partial charge in [-0.15, -0.1) is 11.6 Å². The summed E-state index contributed by atoms with van der Waals surface area (Å²) in [6, 6.07) is 6.87. The van der Waals surface area contributed by atoms with Gasteiger partial charge >= 0.3 is 0 Å². The quantitative estimate of drug-likeness (QED) is 0.680. The summed E-state index contributed by atoms with van der Waals surface area (Å²) < 4.78 is 5.28. The van der Waals surface area contributed by atoms with Gasteiger partial charge in [-0.25, -0.2) is 9.97 Å². The molecule has 2 aliphatic rings. The van der Waals surface area contributed by atoms with Crippen LogP contribution in [0, 0.1) is 0 Å². The van der Waals surface area contributed by atoms with E-state index in [0.29, 0.717) is 17.9 Å². The Kier molecular flexibility index (Phi) is 3.64. The fourth-order valence-electron chi connectivity index (χ4n) is 3.37. The van der Waals surface area contributed by atoms with E-state index < -0.39 is 0 Å². The van der Waals surface area contributed by atoms with Crippen LogP contribution in [0.4, 0.5) is 5.95 Å². The number of anilines is 1. The molecule has 2 unspecified atom stereocenters. The molecule has 0 radical (unpaired) electrons. The molecule has 1 aromatic heterocycles. The van der Waals surface area contributed by atoms with E-state index in [1.165, 1.54) is 5.56 Å². The number of ether oxygens (including phenoxy) is 1. The number of halogens is 1. The van der Waals surface area contributed by atoms with Crippen molar-refractivity contribution in [3.8, 4) is 0 Å². The van der Waals surface area contributed by atoms with Gasteiger partial charge in [0.2, 0.25) is 5.95 Å². The third-order valence-electron chi connectivity index (χ3n) is 4.76. The maximum absolute atomic E-state index is 6.60. The molecule has 0 saturated carbocycles. The number of hydrogen-bond donors (Lipinski definition) is 1. The van der Waals surface area contributed by atoms with Gasteiger partial charge in [0.1, 0.15) is 0 Å². The van der Waals surface area contributed by atoms with Gasteiger partial charge in [0.25, 0.3) is 0 Å². The molecule has 116 valence electrons.